The first-order valence-corrected chi connectivity index (χ1v) is 8.45. The second-order valence-electron chi connectivity index (χ2n) is 6.39. The third-order valence-electron chi connectivity index (χ3n) is 4.48. The molecule has 1 aliphatic rings. The first-order valence-electron chi connectivity index (χ1n) is 8.45. The van der Waals surface area contributed by atoms with Gasteiger partial charge in [0.05, 0.1) is 18.8 Å². The highest BCUT2D eigenvalue weighted by Gasteiger charge is 2.28. The van der Waals surface area contributed by atoms with E-state index < -0.39 is 6.10 Å². The molecule has 4 rings (SSSR count). The average molecular weight is 353 g/mol. The molecule has 26 heavy (non-hydrogen) atoms. The molecule has 4 heterocycles. The molecule has 8 nitrogen and oxygen atoms in total. The number of aromatic amines is 1. The molecule has 1 fully saturated rings. The fourth-order valence-electron chi connectivity index (χ4n) is 3.19. The van der Waals surface area contributed by atoms with E-state index in [1.165, 1.54) is 6.07 Å². The van der Waals surface area contributed by atoms with E-state index in [1.807, 2.05) is 29.5 Å². The molecule has 1 amide bonds. The Morgan fingerprint density at radius 2 is 2.15 bits per heavy atom. The van der Waals surface area contributed by atoms with Gasteiger partial charge in [-0.25, -0.2) is 9.97 Å². The van der Waals surface area contributed by atoms with Crippen LogP contribution in [-0.2, 0) is 4.74 Å². The second kappa shape index (κ2) is 6.38. The fraction of sp³-hybridized carbons (Fsp3) is 0.333. The van der Waals surface area contributed by atoms with Gasteiger partial charge in [-0.1, -0.05) is 6.07 Å². The van der Waals surface area contributed by atoms with Gasteiger partial charge in [-0.15, -0.1) is 0 Å². The minimum Gasteiger partial charge on any atom is -0.368 e. The van der Waals surface area contributed by atoms with Crippen molar-refractivity contribution in [1.82, 2.24) is 24.3 Å². The maximum absolute atomic E-state index is 12.9. The highest BCUT2D eigenvalue weighted by atomic mass is 16.5. The van der Waals surface area contributed by atoms with Crippen molar-refractivity contribution in [3.63, 3.8) is 0 Å². The Kier molecular flexibility index (Phi) is 4.04. The van der Waals surface area contributed by atoms with Crippen molar-refractivity contribution in [1.29, 1.82) is 0 Å². The number of hydrogen-bond donors (Lipinski definition) is 1. The average Bonchev–Trinajstić information content (AvgIpc) is 3.06. The summed E-state index contributed by atoms with van der Waals surface area (Å²) in [7, 11) is 0. The molecule has 0 saturated carbocycles. The summed E-state index contributed by atoms with van der Waals surface area (Å²) >= 11 is 0. The minimum atomic E-state index is -0.424. The van der Waals surface area contributed by atoms with Crippen LogP contribution in [-0.4, -0.2) is 49.9 Å². The van der Waals surface area contributed by atoms with Gasteiger partial charge in [0, 0.05) is 24.5 Å². The van der Waals surface area contributed by atoms with Crippen molar-refractivity contribution in [2.45, 2.75) is 20.0 Å². The van der Waals surface area contributed by atoms with E-state index in [2.05, 4.69) is 15.0 Å². The van der Waals surface area contributed by atoms with Crippen molar-refractivity contribution in [2.75, 3.05) is 19.7 Å². The summed E-state index contributed by atoms with van der Waals surface area (Å²) in [4.78, 5) is 37.7. The number of aromatic nitrogens is 4. The van der Waals surface area contributed by atoms with Gasteiger partial charge in [-0.05, 0) is 26.0 Å². The van der Waals surface area contributed by atoms with Gasteiger partial charge in [-0.3, -0.25) is 9.59 Å². The first kappa shape index (κ1) is 16.5. The van der Waals surface area contributed by atoms with Gasteiger partial charge >= 0.3 is 0 Å². The number of H-pyrrole nitrogens is 1. The number of nitrogens with one attached hydrogen (secondary N) is 1. The van der Waals surface area contributed by atoms with Crippen LogP contribution < -0.4 is 5.56 Å². The zero-order valence-electron chi connectivity index (χ0n) is 14.6. The minimum absolute atomic E-state index is 0.150. The SMILES string of the molecule is Cc1nc([C@H]2CN(C(=O)c3cn4c(C)cccc4n3)CCO2)cc(=O)[nH]1. The number of rotatable bonds is 2. The Labute approximate surface area is 149 Å². The number of imidazole rings is 1. The molecular formula is C18H19N5O3. The van der Waals surface area contributed by atoms with Crippen LogP contribution in [0.2, 0.25) is 0 Å². The first-order chi connectivity index (χ1) is 12.5. The topological polar surface area (TPSA) is 92.6 Å². The van der Waals surface area contributed by atoms with Crippen LogP contribution in [0.4, 0.5) is 0 Å². The zero-order chi connectivity index (χ0) is 18.3. The molecule has 1 aliphatic heterocycles. The molecule has 0 aromatic carbocycles. The Morgan fingerprint density at radius 3 is 2.92 bits per heavy atom. The van der Waals surface area contributed by atoms with Gasteiger partial charge in [0.2, 0.25) is 0 Å². The summed E-state index contributed by atoms with van der Waals surface area (Å²) in [5.74, 6) is 0.373. The molecule has 0 spiro atoms. The molecule has 1 atom stereocenters. The van der Waals surface area contributed by atoms with Crippen molar-refractivity contribution in [3.8, 4) is 0 Å². The van der Waals surface area contributed by atoms with Gasteiger partial charge in [0.25, 0.3) is 11.5 Å². The van der Waals surface area contributed by atoms with Crippen molar-refractivity contribution in [2.24, 2.45) is 0 Å². The standard InChI is InChI=1S/C18H19N5O3/c1-11-4-3-5-16-21-14(9-23(11)16)18(25)22-6-7-26-15(10-22)13-8-17(24)20-12(2)19-13/h3-5,8-9,15H,6-7,10H2,1-2H3,(H,19,20,24)/t15-/m1/s1. The molecule has 134 valence electrons. The number of carbonyl (C=O) groups is 1. The lowest BCUT2D eigenvalue weighted by Gasteiger charge is -2.32. The molecule has 0 bridgehead atoms. The van der Waals surface area contributed by atoms with Crippen molar-refractivity contribution in [3.05, 3.63) is 63.7 Å². The molecule has 3 aromatic heterocycles. The van der Waals surface area contributed by atoms with E-state index in [1.54, 1.807) is 18.0 Å². The van der Waals surface area contributed by atoms with Crippen LogP contribution >= 0.6 is 0 Å². The Hall–Kier alpha value is -3.00. The maximum atomic E-state index is 12.9. The molecule has 1 saturated heterocycles. The number of aryl methyl sites for hydroxylation is 2. The molecule has 1 N–H and O–H groups in total. The maximum Gasteiger partial charge on any atom is 0.274 e. The number of pyridine rings is 1. The van der Waals surface area contributed by atoms with E-state index in [0.29, 0.717) is 36.9 Å². The van der Waals surface area contributed by atoms with Crippen LogP contribution in [0, 0.1) is 13.8 Å². The predicted molar refractivity (Wildman–Crippen MR) is 94.1 cm³/mol. The third kappa shape index (κ3) is 2.99. The molecule has 0 radical (unpaired) electrons. The summed E-state index contributed by atoms with van der Waals surface area (Å²) in [5.41, 5.74) is 2.46. The summed E-state index contributed by atoms with van der Waals surface area (Å²) < 4.78 is 7.63. The third-order valence-corrected chi connectivity index (χ3v) is 4.48. The lowest BCUT2D eigenvalue weighted by molar-refractivity contribution is -0.0250. The van der Waals surface area contributed by atoms with E-state index in [9.17, 15) is 9.59 Å². The lowest BCUT2D eigenvalue weighted by atomic mass is 10.2. The lowest BCUT2D eigenvalue weighted by Crippen LogP contribution is -2.42. The number of amides is 1. The number of carbonyl (C=O) groups excluding carboxylic acids is 1. The summed E-state index contributed by atoms with van der Waals surface area (Å²) in [5, 5.41) is 0. The number of ether oxygens (including phenoxy) is 1. The number of nitrogens with zero attached hydrogens (tertiary/aromatic N) is 4. The van der Waals surface area contributed by atoms with Crippen LogP contribution in [0.15, 0.2) is 35.3 Å². The molecular weight excluding hydrogens is 334 g/mol. The van der Waals surface area contributed by atoms with Gasteiger partial charge in [0.1, 0.15) is 23.3 Å². The summed E-state index contributed by atoms with van der Waals surface area (Å²) in [6.07, 6.45) is 1.33. The highest BCUT2D eigenvalue weighted by molar-refractivity contribution is 5.93. The molecule has 0 aliphatic carbocycles. The fourth-order valence-corrected chi connectivity index (χ4v) is 3.19. The molecule has 8 heteroatoms. The van der Waals surface area contributed by atoms with E-state index >= 15 is 0 Å². The van der Waals surface area contributed by atoms with Gasteiger partial charge < -0.3 is 19.0 Å². The Balaban J connectivity index is 1.59. The number of hydrogen-bond acceptors (Lipinski definition) is 5. The number of morpholine rings is 1. The monoisotopic (exact) mass is 353 g/mol. The number of fused-ring (bicyclic) bond motifs is 1. The van der Waals surface area contributed by atoms with Crippen LogP contribution in [0.3, 0.4) is 0 Å². The van der Waals surface area contributed by atoms with E-state index in [0.717, 1.165) is 11.3 Å². The normalized spacial score (nSPS) is 17.6. The van der Waals surface area contributed by atoms with E-state index in [-0.39, 0.29) is 11.5 Å². The van der Waals surface area contributed by atoms with Gasteiger partial charge in [0.15, 0.2) is 0 Å². The van der Waals surface area contributed by atoms with Crippen molar-refractivity contribution < 1.29 is 9.53 Å². The summed E-state index contributed by atoms with van der Waals surface area (Å²) in [6, 6.07) is 7.17. The van der Waals surface area contributed by atoms with Crippen LogP contribution in [0.5, 0.6) is 0 Å². The van der Waals surface area contributed by atoms with Crippen LogP contribution in [0.25, 0.3) is 5.65 Å². The zero-order valence-corrected chi connectivity index (χ0v) is 14.6. The predicted octanol–water partition coefficient (Wildman–Crippen LogP) is 1.25. The second-order valence-corrected chi connectivity index (χ2v) is 6.39. The summed E-state index contributed by atoms with van der Waals surface area (Å²) in [6.45, 7) is 4.88. The van der Waals surface area contributed by atoms with Gasteiger partial charge in [-0.2, -0.15) is 0 Å². The smallest absolute Gasteiger partial charge is 0.274 e. The van der Waals surface area contributed by atoms with Crippen molar-refractivity contribution >= 4 is 11.6 Å². The Morgan fingerprint density at radius 1 is 1.31 bits per heavy atom. The van der Waals surface area contributed by atoms with E-state index in [4.69, 9.17) is 4.74 Å². The Bertz CT molecular complexity index is 1040. The quantitative estimate of drug-likeness (QED) is 0.748. The van der Waals surface area contributed by atoms with Crippen LogP contribution in [0.1, 0.15) is 33.8 Å². The molecule has 0 unspecified atom stereocenters. The highest BCUT2D eigenvalue weighted by Crippen LogP contribution is 2.21. The molecule has 3 aromatic rings. The largest absolute Gasteiger partial charge is 0.368 e.